The third-order valence-corrected chi connectivity index (χ3v) is 2.64. The average molecular weight is 224 g/mol. The van der Waals surface area contributed by atoms with Crippen LogP contribution in [0.25, 0.3) is 0 Å². The van der Waals surface area contributed by atoms with Crippen LogP contribution in [0.15, 0.2) is 12.7 Å². The Kier molecular flexibility index (Phi) is 10.2. The molecule has 0 saturated carbocycles. The summed E-state index contributed by atoms with van der Waals surface area (Å²) in [5, 5.41) is 0. The zero-order valence-corrected chi connectivity index (χ0v) is 10.9. The van der Waals surface area contributed by atoms with E-state index in [4.69, 9.17) is 0 Å². The summed E-state index contributed by atoms with van der Waals surface area (Å²) in [6, 6.07) is 0. The molecule has 0 aliphatic carbocycles. The molecule has 0 aliphatic heterocycles. The first kappa shape index (κ1) is 15.2. The molecule has 0 unspecified atom stereocenters. The van der Waals surface area contributed by atoms with Crippen molar-refractivity contribution in [2.24, 2.45) is 0 Å². The van der Waals surface area contributed by atoms with Gasteiger partial charge < -0.3 is 4.90 Å². The minimum atomic E-state index is 0.113. The molecule has 0 heterocycles. The molecule has 1 radical (unpaired) electrons. The van der Waals surface area contributed by atoms with E-state index in [0.717, 1.165) is 25.9 Å². The molecule has 0 atom stereocenters. The summed E-state index contributed by atoms with van der Waals surface area (Å²) in [5.41, 5.74) is 0. The maximum Gasteiger partial charge on any atom is 0.230 e. The van der Waals surface area contributed by atoms with E-state index < -0.39 is 0 Å². The van der Waals surface area contributed by atoms with Crippen LogP contribution in [0.3, 0.4) is 0 Å². The highest BCUT2D eigenvalue weighted by Crippen LogP contribution is 2.04. The maximum absolute atomic E-state index is 11.7. The first-order valence-electron chi connectivity index (χ1n) is 6.50. The fraction of sp³-hybridized carbons (Fsp3) is 0.714. The number of amides is 1. The molecule has 0 aromatic rings. The van der Waals surface area contributed by atoms with E-state index in [0.29, 0.717) is 0 Å². The molecule has 0 rings (SSSR count). The van der Waals surface area contributed by atoms with Gasteiger partial charge in [0.15, 0.2) is 0 Å². The average Bonchev–Trinajstić information content (AvgIpc) is 2.28. The van der Waals surface area contributed by atoms with Gasteiger partial charge in [0.1, 0.15) is 0 Å². The summed E-state index contributed by atoms with van der Waals surface area (Å²) in [4.78, 5) is 13.7. The smallest absolute Gasteiger partial charge is 0.230 e. The van der Waals surface area contributed by atoms with Gasteiger partial charge in [0, 0.05) is 13.1 Å². The number of hydrogen-bond acceptors (Lipinski definition) is 1. The lowest BCUT2D eigenvalue weighted by atomic mass is 10.2. The third-order valence-electron chi connectivity index (χ3n) is 2.64. The predicted octanol–water partition coefficient (Wildman–Crippen LogP) is 3.59. The van der Waals surface area contributed by atoms with E-state index in [2.05, 4.69) is 20.4 Å². The van der Waals surface area contributed by atoms with Gasteiger partial charge in [-0.15, -0.1) is 6.58 Å². The quantitative estimate of drug-likeness (QED) is 0.519. The predicted molar refractivity (Wildman–Crippen MR) is 70.1 cm³/mol. The molecule has 2 nitrogen and oxygen atoms in total. The highest BCUT2D eigenvalue weighted by Gasteiger charge is 2.10. The fourth-order valence-corrected chi connectivity index (χ4v) is 1.64. The molecule has 0 N–H and O–H groups in total. The molecule has 0 fully saturated rings. The lowest BCUT2D eigenvalue weighted by molar-refractivity contribution is -0.127. The molecule has 1 amide bonds. The van der Waals surface area contributed by atoms with Crippen LogP contribution < -0.4 is 0 Å². The Hall–Kier alpha value is -0.790. The third kappa shape index (κ3) is 7.49. The summed E-state index contributed by atoms with van der Waals surface area (Å²) in [6.45, 7) is 9.71. The van der Waals surface area contributed by atoms with Gasteiger partial charge >= 0.3 is 0 Å². The van der Waals surface area contributed by atoms with E-state index >= 15 is 0 Å². The highest BCUT2D eigenvalue weighted by atomic mass is 16.2. The Balaban J connectivity index is 3.93. The van der Waals surface area contributed by atoms with Gasteiger partial charge in [0.25, 0.3) is 0 Å². The van der Waals surface area contributed by atoms with Gasteiger partial charge in [-0.05, 0) is 12.8 Å². The van der Waals surface area contributed by atoms with Crippen LogP contribution in [0, 0.1) is 6.42 Å². The zero-order valence-electron chi connectivity index (χ0n) is 10.9. The van der Waals surface area contributed by atoms with Crippen molar-refractivity contribution in [1.29, 1.82) is 0 Å². The van der Waals surface area contributed by atoms with E-state index in [-0.39, 0.29) is 5.91 Å². The van der Waals surface area contributed by atoms with Crippen LogP contribution in [0.4, 0.5) is 0 Å². The van der Waals surface area contributed by atoms with Crippen molar-refractivity contribution >= 4 is 5.91 Å². The lowest BCUT2D eigenvalue weighted by Crippen LogP contribution is -2.32. The standard InChI is InChI=1S/C14H26NO/c1-4-7-9-12-15(13-10-8-5-2)14(16)11-6-3/h6,11H,3-5,7-10,12-13H2,1-2H3. The first-order valence-corrected chi connectivity index (χ1v) is 6.50. The number of unbranched alkanes of at least 4 members (excludes halogenated alkanes) is 4. The molecule has 0 aromatic heterocycles. The Bertz CT molecular complexity index is 179. The SMILES string of the molecule is C=C[CH]C(=O)N(CCCCC)CCCCC. The van der Waals surface area contributed by atoms with Crippen molar-refractivity contribution in [3.8, 4) is 0 Å². The Labute approximate surface area is 101 Å². The van der Waals surface area contributed by atoms with Crippen molar-refractivity contribution in [3.05, 3.63) is 19.1 Å². The number of hydrogen-bond donors (Lipinski definition) is 0. The first-order chi connectivity index (χ1) is 7.76. The summed E-state index contributed by atoms with van der Waals surface area (Å²) >= 11 is 0. The fourth-order valence-electron chi connectivity index (χ4n) is 1.64. The van der Waals surface area contributed by atoms with E-state index in [1.54, 1.807) is 12.5 Å². The van der Waals surface area contributed by atoms with Crippen molar-refractivity contribution < 1.29 is 4.79 Å². The second-order valence-electron chi connectivity index (χ2n) is 4.14. The molecule has 0 aliphatic rings. The molecular weight excluding hydrogens is 198 g/mol. The second-order valence-corrected chi connectivity index (χ2v) is 4.14. The monoisotopic (exact) mass is 224 g/mol. The molecule has 0 saturated heterocycles. The van der Waals surface area contributed by atoms with Crippen molar-refractivity contribution in [2.75, 3.05) is 13.1 Å². The summed E-state index contributed by atoms with van der Waals surface area (Å²) < 4.78 is 0. The summed E-state index contributed by atoms with van der Waals surface area (Å²) in [5.74, 6) is 0.113. The van der Waals surface area contributed by atoms with Gasteiger partial charge in [-0.3, -0.25) is 4.79 Å². The second kappa shape index (κ2) is 10.7. The molecule has 0 aromatic carbocycles. The molecule has 16 heavy (non-hydrogen) atoms. The van der Waals surface area contributed by atoms with Gasteiger partial charge in [0.05, 0.1) is 6.42 Å². The van der Waals surface area contributed by atoms with Crippen LogP contribution >= 0.6 is 0 Å². The van der Waals surface area contributed by atoms with E-state index in [9.17, 15) is 4.79 Å². The number of rotatable bonds is 10. The topological polar surface area (TPSA) is 20.3 Å². The number of nitrogens with zero attached hydrogens (tertiary/aromatic N) is 1. The van der Waals surface area contributed by atoms with Crippen LogP contribution in [-0.4, -0.2) is 23.9 Å². The largest absolute Gasteiger partial charge is 0.342 e. The minimum absolute atomic E-state index is 0.113. The van der Waals surface area contributed by atoms with E-state index in [1.807, 2.05) is 4.90 Å². The molecule has 2 heteroatoms. The van der Waals surface area contributed by atoms with Gasteiger partial charge in [0.2, 0.25) is 5.91 Å². The van der Waals surface area contributed by atoms with Crippen LogP contribution in [0.1, 0.15) is 52.4 Å². The Morgan fingerprint density at radius 1 is 1.06 bits per heavy atom. The number of carbonyl (C=O) groups is 1. The van der Waals surface area contributed by atoms with Crippen molar-refractivity contribution in [2.45, 2.75) is 52.4 Å². The normalized spacial score (nSPS) is 10.1. The summed E-state index contributed by atoms with van der Waals surface area (Å²) in [6.07, 6.45) is 10.2. The van der Waals surface area contributed by atoms with Crippen molar-refractivity contribution in [1.82, 2.24) is 4.90 Å². The van der Waals surface area contributed by atoms with Gasteiger partial charge in [-0.2, -0.15) is 0 Å². The van der Waals surface area contributed by atoms with Crippen LogP contribution in [0.2, 0.25) is 0 Å². The van der Waals surface area contributed by atoms with Crippen molar-refractivity contribution in [3.63, 3.8) is 0 Å². The number of carbonyl (C=O) groups excluding carboxylic acids is 1. The Morgan fingerprint density at radius 3 is 1.94 bits per heavy atom. The summed E-state index contributed by atoms with van der Waals surface area (Å²) in [7, 11) is 0. The maximum atomic E-state index is 11.7. The van der Waals surface area contributed by atoms with Crippen LogP contribution in [-0.2, 0) is 4.79 Å². The van der Waals surface area contributed by atoms with Gasteiger partial charge in [-0.1, -0.05) is 45.6 Å². The van der Waals surface area contributed by atoms with Crippen LogP contribution in [0.5, 0.6) is 0 Å². The molecule has 0 bridgehead atoms. The molecule has 0 spiro atoms. The Morgan fingerprint density at radius 2 is 1.56 bits per heavy atom. The van der Waals surface area contributed by atoms with E-state index in [1.165, 1.54) is 25.7 Å². The lowest BCUT2D eigenvalue weighted by Gasteiger charge is -2.22. The van der Waals surface area contributed by atoms with Gasteiger partial charge in [-0.25, -0.2) is 0 Å². The molecule has 93 valence electrons. The molecular formula is C14H26NO. The minimum Gasteiger partial charge on any atom is -0.342 e. The zero-order chi connectivity index (χ0) is 12.2. The highest BCUT2D eigenvalue weighted by molar-refractivity contribution is 5.86.